The van der Waals surface area contributed by atoms with Gasteiger partial charge >= 0.3 is 6.18 Å². The first-order chi connectivity index (χ1) is 11.0. The summed E-state index contributed by atoms with van der Waals surface area (Å²) >= 11 is 0. The number of sulfonamides is 1. The fraction of sp³-hybridized carbons (Fsp3) is 0.462. The minimum Gasteiger partial charge on any atom is -0.394 e. The molecule has 24 heavy (non-hydrogen) atoms. The van der Waals surface area contributed by atoms with Gasteiger partial charge in [-0.25, -0.2) is 8.42 Å². The van der Waals surface area contributed by atoms with Gasteiger partial charge in [0.05, 0.1) is 17.6 Å². The van der Waals surface area contributed by atoms with Crippen LogP contribution in [-0.4, -0.2) is 67.9 Å². The number of aliphatic hydroxyl groups excluding tert-OH is 2. The van der Waals surface area contributed by atoms with E-state index < -0.39 is 41.4 Å². The third-order valence-corrected chi connectivity index (χ3v) is 4.75. The van der Waals surface area contributed by atoms with Gasteiger partial charge in [-0.3, -0.25) is 4.79 Å². The number of nitrogens with zero attached hydrogens (tertiary/aromatic N) is 1. The van der Waals surface area contributed by atoms with Crippen molar-refractivity contribution in [1.29, 1.82) is 0 Å². The normalized spacial score (nSPS) is 13.8. The highest BCUT2D eigenvalue weighted by molar-refractivity contribution is 7.89. The Hall–Kier alpha value is -1.69. The first-order valence-electron chi connectivity index (χ1n) is 6.67. The molecule has 0 saturated carbocycles. The van der Waals surface area contributed by atoms with Gasteiger partial charge in [0.25, 0.3) is 5.91 Å². The van der Waals surface area contributed by atoms with Crippen molar-refractivity contribution in [2.24, 2.45) is 0 Å². The Balaban J connectivity index is 2.96. The van der Waals surface area contributed by atoms with Crippen LogP contribution in [0, 0.1) is 0 Å². The molecule has 0 spiro atoms. The predicted molar refractivity (Wildman–Crippen MR) is 77.7 cm³/mol. The maximum atomic E-state index is 12.3. The first-order valence-corrected chi connectivity index (χ1v) is 8.11. The second-order valence-corrected chi connectivity index (χ2v) is 6.99. The van der Waals surface area contributed by atoms with E-state index in [0.29, 0.717) is 0 Å². The molecule has 0 unspecified atom stereocenters. The van der Waals surface area contributed by atoms with Crippen LogP contribution in [0.3, 0.4) is 0 Å². The molecule has 3 N–H and O–H groups in total. The Morgan fingerprint density at radius 3 is 2.54 bits per heavy atom. The zero-order chi connectivity index (χ0) is 18.5. The minimum absolute atomic E-state index is 0.253. The van der Waals surface area contributed by atoms with Gasteiger partial charge in [-0.2, -0.15) is 17.5 Å². The van der Waals surface area contributed by atoms with Crippen molar-refractivity contribution in [3.63, 3.8) is 0 Å². The van der Waals surface area contributed by atoms with Crippen LogP contribution in [0.15, 0.2) is 29.2 Å². The molecule has 0 saturated heterocycles. The number of amides is 1. The molecule has 1 amide bonds. The average Bonchev–Trinajstić information content (AvgIpc) is 2.51. The maximum absolute atomic E-state index is 12.3. The molecule has 0 heterocycles. The number of hydrogen-bond acceptors (Lipinski definition) is 5. The molecule has 0 radical (unpaired) electrons. The van der Waals surface area contributed by atoms with Gasteiger partial charge in [-0.1, -0.05) is 6.07 Å². The number of alkyl halides is 3. The van der Waals surface area contributed by atoms with Crippen molar-refractivity contribution in [3.8, 4) is 0 Å². The highest BCUT2D eigenvalue weighted by Gasteiger charge is 2.28. The van der Waals surface area contributed by atoms with Crippen molar-refractivity contribution >= 4 is 15.9 Å². The molecule has 136 valence electrons. The summed E-state index contributed by atoms with van der Waals surface area (Å²) < 4.78 is 61.7. The molecule has 1 aromatic rings. The largest absolute Gasteiger partial charge is 0.405 e. The van der Waals surface area contributed by atoms with E-state index in [2.05, 4.69) is 0 Å². The maximum Gasteiger partial charge on any atom is 0.405 e. The third-order valence-electron chi connectivity index (χ3n) is 2.93. The lowest BCUT2D eigenvalue weighted by atomic mass is 10.2. The summed E-state index contributed by atoms with van der Waals surface area (Å²) in [6, 6.07) is 4.49. The molecule has 11 heteroatoms. The zero-order valence-electron chi connectivity index (χ0n) is 12.6. The van der Waals surface area contributed by atoms with Gasteiger partial charge in [0, 0.05) is 19.2 Å². The lowest BCUT2D eigenvalue weighted by Crippen LogP contribution is -2.36. The molecular weight excluding hydrogens is 353 g/mol. The van der Waals surface area contributed by atoms with Crippen molar-refractivity contribution in [2.75, 3.05) is 26.7 Å². The molecule has 0 aliphatic carbocycles. The number of hydrogen-bond donors (Lipinski definition) is 3. The van der Waals surface area contributed by atoms with Crippen molar-refractivity contribution < 1.29 is 36.6 Å². The molecule has 7 nitrogen and oxygen atoms in total. The molecule has 0 aliphatic rings. The number of rotatable bonds is 7. The molecule has 0 aliphatic heterocycles. The molecule has 0 fully saturated rings. The number of aliphatic hydroxyl groups is 2. The summed E-state index contributed by atoms with van der Waals surface area (Å²) in [5.74, 6) is -1.07. The summed E-state index contributed by atoms with van der Waals surface area (Å²) in [4.78, 5) is 11.3. The quantitative estimate of drug-likeness (QED) is 0.624. The molecule has 0 aromatic heterocycles. The first kappa shape index (κ1) is 20.4. The number of halogens is 3. The van der Waals surface area contributed by atoms with Gasteiger partial charge in [0.1, 0.15) is 6.54 Å². The van der Waals surface area contributed by atoms with Crippen LogP contribution in [0.25, 0.3) is 0 Å². The Labute approximate surface area is 136 Å². The zero-order valence-corrected chi connectivity index (χ0v) is 13.4. The van der Waals surface area contributed by atoms with E-state index in [1.165, 1.54) is 12.1 Å². The predicted octanol–water partition coefficient (Wildman–Crippen LogP) is -0.0476. The fourth-order valence-electron chi connectivity index (χ4n) is 1.71. The number of benzene rings is 1. The Kier molecular flexibility index (Phi) is 6.72. The van der Waals surface area contributed by atoms with E-state index in [4.69, 9.17) is 5.11 Å². The monoisotopic (exact) mass is 370 g/mol. The Morgan fingerprint density at radius 1 is 1.38 bits per heavy atom. The van der Waals surface area contributed by atoms with Gasteiger partial charge in [-0.15, -0.1) is 0 Å². The van der Waals surface area contributed by atoms with E-state index in [1.807, 2.05) is 0 Å². The number of carbonyl (C=O) groups is 1. The standard InChI is InChI=1S/C13H17F3N2O5S/c1-18(6-10(20)7-19)24(22,23)11-4-2-3-9(5-11)12(21)17-8-13(14,15)16/h2-5,10,19-20H,6-8H2,1H3,(H,17,21)/t10-/m0/s1. The van der Waals surface area contributed by atoms with E-state index in [9.17, 15) is 31.5 Å². The molecular formula is C13H17F3N2O5S. The Morgan fingerprint density at radius 2 is 2.00 bits per heavy atom. The van der Waals surface area contributed by atoms with Gasteiger partial charge in [0.15, 0.2) is 0 Å². The molecule has 0 bridgehead atoms. The SMILES string of the molecule is CN(C[C@H](O)CO)S(=O)(=O)c1cccc(C(=O)NCC(F)(F)F)c1. The molecule has 1 aromatic carbocycles. The van der Waals surface area contributed by atoms with E-state index in [1.54, 1.807) is 5.32 Å². The molecule has 1 rings (SSSR count). The number of nitrogens with one attached hydrogen (secondary N) is 1. The third kappa shape index (κ3) is 5.74. The summed E-state index contributed by atoms with van der Waals surface area (Å²) in [6.45, 7) is -2.56. The van der Waals surface area contributed by atoms with Crippen molar-refractivity contribution in [2.45, 2.75) is 17.2 Å². The van der Waals surface area contributed by atoms with Crippen molar-refractivity contribution in [3.05, 3.63) is 29.8 Å². The van der Waals surface area contributed by atoms with Crippen LogP contribution in [0.2, 0.25) is 0 Å². The lowest BCUT2D eigenvalue weighted by molar-refractivity contribution is -0.123. The molecule has 1 atom stereocenters. The van der Waals surface area contributed by atoms with Crippen LogP contribution < -0.4 is 5.32 Å². The summed E-state index contributed by atoms with van der Waals surface area (Å²) in [6.07, 6.45) is -5.87. The topological polar surface area (TPSA) is 107 Å². The second-order valence-electron chi connectivity index (χ2n) is 4.95. The summed E-state index contributed by atoms with van der Waals surface area (Å²) in [5, 5.41) is 19.7. The van der Waals surface area contributed by atoms with Gasteiger partial charge < -0.3 is 15.5 Å². The lowest BCUT2D eigenvalue weighted by Gasteiger charge is -2.19. The average molecular weight is 370 g/mol. The van der Waals surface area contributed by atoms with E-state index in [-0.39, 0.29) is 17.0 Å². The minimum atomic E-state index is -4.58. The van der Waals surface area contributed by atoms with E-state index >= 15 is 0 Å². The van der Waals surface area contributed by atoms with Gasteiger partial charge in [0.2, 0.25) is 10.0 Å². The summed E-state index contributed by atoms with van der Waals surface area (Å²) in [7, 11) is -2.93. The highest BCUT2D eigenvalue weighted by atomic mass is 32.2. The van der Waals surface area contributed by atoms with Crippen molar-refractivity contribution in [1.82, 2.24) is 9.62 Å². The number of carbonyl (C=O) groups excluding carboxylic acids is 1. The van der Waals surface area contributed by atoms with Gasteiger partial charge in [-0.05, 0) is 18.2 Å². The van der Waals surface area contributed by atoms with Crippen LogP contribution in [0.5, 0.6) is 0 Å². The highest BCUT2D eigenvalue weighted by Crippen LogP contribution is 2.17. The number of likely N-dealkylation sites (N-methyl/N-ethyl adjacent to an activating group) is 1. The van der Waals surface area contributed by atoms with Crippen LogP contribution in [-0.2, 0) is 10.0 Å². The second kappa shape index (κ2) is 7.92. The fourth-order valence-corrected chi connectivity index (χ4v) is 2.97. The smallest absolute Gasteiger partial charge is 0.394 e. The van der Waals surface area contributed by atoms with Crippen LogP contribution in [0.1, 0.15) is 10.4 Å². The van der Waals surface area contributed by atoms with Crippen LogP contribution in [0.4, 0.5) is 13.2 Å². The Bertz CT molecular complexity index is 678. The summed E-state index contributed by atoms with van der Waals surface area (Å²) in [5.41, 5.74) is -0.253. The van der Waals surface area contributed by atoms with Crippen LogP contribution >= 0.6 is 0 Å². The van der Waals surface area contributed by atoms with E-state index in [0.717, 1.165) is 23.5 Å².